The Bertz CT molecular complexity index is 1390. The molecule has 3 aromatic rings. The number of nitrogens with zero attached hydrogens (tertiary/aromatic N) is 3. The Morgan fingerprint density at radius 2 is 1.83 bits per heavy atom. The summed E-state index contributed by atoms with van der Waals surface area (Å²) in [5.41, 5.74) is 2.54. The molecular weight excluding hydrogens is 398 g/mol. The molecule has 0 aliphatic rings. The van der Waals surface area contributed by atoms with Crippen LogP contribution in [0.5, 0.6) is 0 Å². The van der Waals surface area contributed by atoms with E-state index in [1.54, 1.807) is 24.4 Å². The van der Waals surface area contributed by atoms with Crippen LogP contribution in [0.15, 0.2) is 66.0 Å². The maximum Gasteiger partial charge on any atom is 0.270 e. The third-order valence-corrected chi connectivity index (χ3v) is 4.85. The van der Waals surface area contributed by atoms with E-state index >= 15 is 0 Å². The molecule has 3 rings (SSSR count). The smallest absolute Gasteiger partial charge is 0.270 e. The summed E-state index contributed by atoms with van der Waals surface area (Å²) >= 11 is 0. The summed E-state index contributed by atoms with van der Waals surface area (Å²) in [6.07, 6.45) is 4.42. The summed E-state index contributed by atoms with van der Waals surface area (Å²) in [4.78, 5) is 6.40. The first kappa shape index (κ1) is 20.4. The van der Waals surface area contributed by atoms with Crippen LogP contribution in [0.25, 0.3) is 27.4 Å². The lowest BCUT2D eigenvalue weighted by Gasteiger charge is -2.10. The zero-order chi connectivity index (χ0) is 21.7. The molecule has 0 radical (unpaired) electrons. The highest BCUT2D eigenvalue weighted by molar-refractivity contribution is 7.92. The van der Waals surface area contributed by atoms with Crippen LogP contribution in [0, 0.1) is 29.2 Å². The van der Waals surface area contributed by atoms with Crippen LogP contribution in [-0.4, -0.2) is 19.7 Å². The lowest BCUT2D eigenvalue weighted by Crippen LogP contribution is -2.09. The van der Waals surface area contributed by atoms with E-state index in [0.29, 0.717) is 11.3 Å². The number of hydrogen-bond donors (Lipinski definition) is 2. The normalized spacial score (nSPS) is 12.4. The summed E-state index contributed by atoms with van der Waals surface area (Å²) in [6, 6.07) is 17.7. The van der Waals surface area contributed by atoms with E-state index in [-0.39, 0.29) is 16.8 Å². The topological polar surface area (TPSA) is 114 Å². The molecule has 2 aromatic carbocycles. The molecule has 0 saturated heterocycles. The van der Waals surface area contributed by atoms with E-state index in [9.17, 15) is 18.9 Å². The van der Waals surface area contributed by atoms with Gasteiger partial charge >= 0.3 is 0 Å². The van der Waals surface area contributed by atoms with Gasteiger partial charge in [-0.25, -0.2) is 18.5 Å². The molecule has 0 saturated carbocycles. The van der Waals surface area contributed by atoms with Crippen molar-refractivity contribution in [2.24, 2.45) is 0 Å². The Kier molecular flexibility index (Phi) is 5.69. The minimum atomic E-state index is -3.44. The summed E-state index contributed by atoms with van der Waals surface area (Å²) in [7, 11) is -3.44. The van der Waals surface area contributed by atoms with Gasteiger partial charge in [0.05, 0.1) is 30.5 Å². The molecule has 0 spiro atoms. The molecule has 146 valence electrons. The second-order valence-electron chi connectivity index (χ2n) is 6.36. The summed E-state index contributed by atoms with van der Waals surface area (Å²) in [5.74, 6) is 0. The van der Waals surface area contributed by atoms with Crippen LogP contribution in [-0.2, 0) is 10.0 Å². The molecule has 0 atom stereocenters. The number of aromatic nitrogens is 1. The first-order chi connectivity index (χ1) is 14.4. The summed E-state index contributed by atoms with van der Waals surface area (Å²) in [5, 5.41) is 20.2. The van der Waals surface area contributed by atoms with Crippen LogP contribution in [0.4, 0.5) is 5.69 Å². The number of benzene rings is 2. The van der Waals surface area contributed by atoms with E-state index in [1.807, 2.05) is 30.3 Å². The van der Waals surface area contributed by atoms with Gasteiger partial charge in [-0.15, -0.1) is 0 Å². The minimum absolute atomic E-state index is 0.149. The van der Waals surface area contributed by atoms with Crippen molar-refractivity contribution < 1.29 is 8.42 Å². The van der Waals surface area contributed by atoms with Crippen LogP contribution >= 0.6 is 0 Å². The first-order valence-corrected chi connectivity index (χ1v) is 10.5. The molecule has 0 aliphatic heterocycles. The van der Waals surface area contributed by atoms with Crippen LogP contribution in [0.3, 0.4) is 0 Å². The Balaban J connectivity index is 2.15. The van der Waals surface area contributed by atoms with Gasteiger partial charge in [-0.2, -0.15) is 5.26 Å². The number of para-hydroxylation sites is 1. The lowest BCUT2D eigenvalue weighted by atomic mass is 9.95. The van der Waals surface area contributed by atoms with Crippen molar-refractivity contribution in [3.63, 3.8) is 0 Å². The highest BCUT2D eigenvalue weighted by Gasteiger charge is 2.16. The Morgan fingerprint density at radius 1 is 1.13 bits per heavy atom. The molecule has 1 heterocycles. The molecule has 30 heavy (non-hydrogen) atoms. The Morgan fingerprint density at radius 3 is 2.43 bits per heavy atom. The number of aromatic amines is 1. The number of H-pyrrole nitrogens is 1. The van der Waals surface area contributed by atoms with E-state index in [1.165, 1.54) is 12.1 Å². The third kappa shape index (κ3) is 4.39. The predicted molar refractivity (Wildman–Crippen MR) is 116 cm³/mol. The number of rotatable bonds is 5. The zero-order valence-corrected chi connectivity index (χ0v) is 16.7. The second kappa shape index (κ2) is 8.36. The highest BCUT2D eigenvalue weighted by atomic mass is 32.2. The number of hydrogen-bond acceptors (Lipinski definition) is 4. The van der Waals surface area contributed by atoms with Crippen molar-refractivity contribution in [2.45, 2.75) is 0 Å². The lowest BCUT2D eigenvalue weighted by molar-refractivity contribution is 0.607. The molecule has 0 amide bonds. The number of allylic oxidation sites excluding steroid dienone is 3. The number of nitrogens with one attached hydrogen (secondary N) is 2. The fraction of sp³-hybridized carbons (Fsp3) is 0.0455. The van der Waals surface area contributed by atoms with Crippen molar-refractivity contribution in [1.82, 2.24) is 4.98 Å². The first-order valence-electron chi connectivity index (χ1n) is 8.64. The van der Waals surface area contributed by atoms with Crippen LogP contribution < -0.4 is 4.72 Å². The molecule has 0 bridgehead atoms. The molecular formula is C22H15N5O2S. The zero-order valence-electron chi connectivity index (χ0n) is 15.8. The van der Waals surface area contributed by atoms with Gasteiger partial charge in [0.2, 0.25) is 10.0 Å². The Hall–Kier alpha value is -4.32. The molecule has 8 heteroatoms. The van der Waals surface area contributed by atoms with E-state index in [0.717, 1.165) is 22.7 Å². The predicted octanol–water partition coefficient (Wildman–Crippen LogP) is 4.30. The standard InChI is InChI=1S/C22H15N5O2S/c1-25-21(13-24)22(15-7-9-18(10-8-15)27-30(2,28)29)16(12-23)11-17-14-26-20-6-4-3-5-19(17)20/h3-11,14,26-27H,2H3/b16-11+,22-21+. The third-order valence-electron chi connectivity index (χ3n) is 4.24. The van der Waals surface area contributed by atoms with E-state index in [4.69, 9.17) is 6.57 Å². The van der Waals surface area contributed by atoms with E-state index < -0.39 is 10.0 Å². The number of nitriles is 2. The summed E-state index contributed by atoms with van der Waals surface area (Å²) in [6.45, 7) is 7.36. The van der Waals surface area contributed by atoms with E-state index in [2.05, 4.69) is 20.6 Å². The van der Waals surface area contributed by atoms with Crippen molar-refractivity contribution >= 4 is 38.3 Å². The van der Waals surface area contributed by atoms with Crippen molar-refractivity contribution in [3.05, 3.63) is 88.5 Å². The van der Waals surface area contributed by atoms with Crippen molar-refractivity contribution in [2.75, 3.05) is 11.0 Å². The van der Waals surface area contributed by atoms with Crippen molar-refractivity contribution in [3.8, 4) is 12.1 Å². The van der Waals surface area contributed by atoms with Gasteiger partial charge in [-0.1, -0.05) is 30.3 Å². The number of anilines is 1. The quantitative estimate of drug-likeness (QED) is 0.369. The van der Waals surface area contributed by atoms with Gasteiger partial charge in [-0.3, -0.25) is 4.72 Å². The van der Waals surface area contributed by atoms with Gasteiger partial charge in [-0.05, 0) is 29.8 Å². The largest absolute Gasteiger partial charge is 0.361 e. The number of sulfonamides is 1. The maximum atomic E-state index is 11.4. The molecule has 0 unspecified atom stereocenters. The number of fused-ring (bicyclic) bond motifs is 1. The fourth-order valence-electron chi connectivity index (χ4n) is 3.00. The molecule has 0 aliphatic carbocycles. The van der Waals surface area contributed by atoms with Crippen LogP contribution in [0.1, 0.15) is 11.1 Å². The molecule has 7 nitrogen and oxygen atoms in total. The SMILES string of the molecule is [C-]#[N+]/C(C#N)=C(/C(C#N)=C/c1c[nH]c2ccccc12)c1ccc(NS(C)(=O)=O)cc1. The average molecular weight is 413 g/mol. The minimum Gasteiger partial charge on any atom is -0.361 e. The maximum absolute atomic E-state index is 11.4. The molecule has 2 N–H and O–H groups in total. The fourth-order valence-corrected chi connectivity index (χ4v) is 3.57. The molecule has 0 fully saturated rings. The second-order valence-corrected chi connectivity index (χ2v) is 8.11. The Labute approximate surface area is 174 Å². The van der Waals surface area contributed by atoms with Gasteiger partial charge in [0.1, 0.15) is 0 Å². The van der Waals surface area contributed by atoms with Gasteiger partial charge in [0.25, 0.3) is 5.70 Å². The van der Waals surface area contributed by atoms with Gasteiger partial charge in [0.15, 0.2) is 0 Å². The van der Waals surface area contributed by atoms with Crippen molar-refractivity contribution in [1.29, 1.82) is 10.5 Å². The summed E-state index contributed by atoms with van der Waals surface area (Å²) < 4.78 is 25.2. The van der Waals surface area contributed by atoms with Gasteiger partial charge in [0, 0.05) is 33.9 Å². The highest BCUT2D eigenvalue weighted by Crippen LogP contribution is 2.31. The average Bonchev–Trinajstić information content (AvgIpc) is 3.13. The monoisotopic (exact) mass is 413 g/mol. The van der Waals surface area contributed by atoms with Gasteiger partial charge < -0.3 is 4.98 Å². The van der Waals surface area contributed by atoms with Crippen LogP contribution in [0.2, 0.25) is 0 Å². The molecule has 1 aromatic heterocycles.